The van der Waals surface area contributed by atoms with Crippen LogP contribution in [0.4, 0.5) is 0 Å². The van der Waals surface area contributed by atoms with Crippen molar-refractivity contribution >= 4 is 5.91 Å². The van der Waals surface area contributed by atoms with E-state index in [0.717, 1.165) is 22.6 Å². The van der Waals surface area contributed by atoms with Crippen molar-refractivity contribution in [2.45, 2.75) is 50.2 Å². The van der Waals surface area contributed by atoms with Gasteiger partial charge in [0.25, 0.3) is 0 Å². The molecule has 0 bridgehead atoms. The summed E-state index contributed by atoms with van der Waals surface area (Å²) in [7, 11) is 1.64. The summed E-state index contributed by atoms with van der Waals surface area (Å²) >= 11 is 0. The lowest BCUT2D eigenvalue weighted by molar-refractivity contribution is -0.131. The van der Waals surface area contributed by atoms with Crippen molar-refractivity contribution in [1.29, 1.82) is 0 Å². The van der Waals surface area contributed by atoms with Crippen LogP contribution in [-0.4, -0.2) is 31.8 Å². The van der Waals surface area contributed by atoms with Crippen molar-refractivity contribution < 1.29 is 19.0 Å². The Hall–Kier alpha value is -2.53. The zero-order valence-corrected chi connectivity index (χ0v) is 17.4. The first-order chi connectivity index (χ1) is 13.9. The smallest absolute Gasteiger partial charge is 0.231 e. The van der Waals surface area contributed by atoms with E-state index >= 15 is 0 Å². The number of nitrogens with one attached hydrogen (secondary N) is 1. The molecule has 1 atom stereocenters. The SMILES string of the molecule is COc1ccc2c(c1)OC(C)(C)C[C@@H]2NC(=O)C1(c2ccccc2)CCOCC1. The van der Waals surface area contributed by atoms with Gasteiger partial charge in [0, 0.05) is 31.3 Å². The van der Waals surface area contributed by atoms with E-state index in [-0.39, 0.29) is 17.6 Å². The molecule has 0 saturated carbocycles. The lowest BCUT2D eigenvalue weighted by atomic mass is 9.73. The lowest BCUT2D eigenvalue weighted by Crippen LogP contribution is -2.51. The molecule has 2 aromatic rings. The van der Waals surface area contributed by atoms with E-state index < -0.39 is 5.41 Å². The third-order valence-electron chi connectivity index (χ3n) is 6.09. The van der Waals surface area contributed by atoms with E-state index in [1.54, 1.807) is 7.11 Å². The Morgan fingerprint density at radius 3 is 2.52 bits per heavy atom. The fraction of sp³-hybridized carbons (Fsp3) is 0.458. The highest BCUT2D eigenvalue weighted by atomic mass is 16.5. The summed E-state index contributed by atoms with van der Waals surface area (Å²) in [6.45, 7) is 5.29. The minimum atomic E-state index is -0.561. The van der Waals surface area contributed by atoms with Crippen molar-refractivity contribution in [2.75, 3.05) is 20.3 Å². The Morgan fingerprint density at radius 2 is 1.83 bits per heavy atom. The van der Waals surface area contributed by atoms with E-state index in [2.05, 4.69) is 31.3 Å². The second-order valence-electron chi connectivity index (χ2n) is 8.56. The van der Waals surface area contributed by atoms with Crippen LogP contribution in [0.3, 0.4) is 0 Å². The summed E-state index contributed by atoms with van der Waals surface area (Å²) in [6, 6.07) is 15.8. The molecule has 2 aromatic carbocycles. The van der Waals surface area contributed by atoms with Gasteiger partial charge in [0.15, 0.2) is 0 Å². The summed E-state index contributed by atoms with van der Waals surface area (Å²) < 4.78 is 17.1. The zero-order valence-electron chi connectivity index (χ0n) is 17.4. The molecule has 1 fully saturated rings. The predicted molar refractivity (Wildman–Crippen MR) is 111 cm³/mol. The van der Waals surface area contributed by atoms with Crippen LogP contribution in [-0.2, 0) is 14.9 Å². The topological polar surface area (TPSA) is 56.8 Å². The number of ether oxygens (including phenoxy) is 3. The molecule has 1 N–H and O–H groups in total. The monoisotopic (exact) mass is 395 g/mol. The average molecular weight is 395 g/mol. The van der Waals surface area contributed by atoms with Crippen molar-refractivity contribution in [2.24, 2.45) is 0 Å². The highest BCUT2D eigenvalue weighted by molar-refractivity contribution is 5.89. The molecule has 4 rings (SSSR count). The second kappa shape index (κ2) is 7.71. The summed E-state index contributed by atoms with van der Waals surface area (Å²) in [5.74, 6) is 1.58. The van der Waals surface area contributed by atoms with Crippen LogP contribution in [0.25, 0.3) is 0 Å². The number of fused-ring (bicyclic) bond motifs is 1. The molecule has 0 spiro atoms. The Bertz CT molecular complexity index is 872. The van der Waals surface area contributed by atoms with Crippen molar-refractivity contribution in [1.82, 2.24) is 5.32 Å². The van der Waals surface area contributed by atoms with Crippen LogP contribution >= 0.6 is 0 Å². The molecule has 2 aliphatic heterocycles. The minimum absolute atomic E-state index is 0.0662. The van der Waals surface area contributed by atoms with Gasteiger partial charge in [0.1, 0.15) is 17.1 Å². The maximum Gasteiger partial charge on any atom is 0.231 e. The predicted octanol–water partition coefficient (Wildman–Crippen LogP) is 4.16. The molecule has 0 aliphatic carbocycles. The number of hydrogen-bond donors (Lipinski definition) is 1. The number of carbonyl (C=O) groups is 1. The Balaban J connectivity index is 1.66. The summed E-state index contributed by atoms with van der Waals surface area (Å²) in [5, 5.41) is 3.36. The first kappa shape index (κ1) is 19.8. The number of hydrogen-bond acceptors (Lipinski definition) is 4. The average Bonchev–Trinajstić information content (AvgIpc) is 2.73. The van der Waals surface area contributed by atoms with Gasteiger partial charge < -0.3 is 19.5 Å². The number of amides is 1. The van der Waals surface area contributed by atoms with E-state index in [4.69, 9.17) is 14.2 Å². The van der Waals surface area contributed by atoms with Crippen LogP contribution in [0, 0.1) is 0 Å². The Morgan fingerprint density at radius 1 is 1.10 bits per heavy atom. The van der Waals surface area contributed by atoms with Gasteiger partial charge in [-0.1, -0.05) is 30.3 Å². The zero-order chi connectivity index (χ0) is 20.5. The molecule has 29 heavy (non-hydrogen) atoms. The molecule has 0 aromatic heterocycles. The fourth-order valence-corrected chi connectivity index (χ4v) is 4.51. The lowest BCUT2D eigenvalue weighted by Gasteiger charge is -2.41. The van der Waals surface area contributed by atoms with E-state index in [1.165, 1.54) is 0 Å². The van der Waals surface area contributed by atoms with Crippen molar-refractivity contribution in [3.63, 3.8) is 0 Å². The molecule has 5 nitrogen and oxygen atoms in total. The van der Waals surface area contributed by atoms with Crippen LogP contribution < -0.4 is 14.8 Å². The molecule has 2 aliphatic rings. The number of carbonyl (C=O) groups excluding carboxylic acids is 1. The molecule has 1 saturated heterocycles. The summed E-state index contributed by atoms with van der Waals surface area (Å²) in [5.41, 5.74) is 1.11. The molecule has 154 valence electrons. The maximum atomic E-state index is 13.7. The Labute approximate surface area is 172 Å². The maximum absolute atomic E-state index is 13.7. The van der Waals surface area contributed by atoms with Gasteiger partial charge in [-0.3, -0.25) is 4.79 Å². The van der Waals surface area contributed by atoms with Crippen molar-refractivity contribution in [3.8, 4) is 11.5 Å². The van der Waals surface area contributed by atoms with Crippen LogP contribution in [0.5, 0.6) is 11.5 Å². The second-order valence-corrected chi connectivity index (χ2v) is 8.56. The van der Waals surface area contributed by atoms with Crippen molar-refractivity contribution in [3.05, 3.63) is 59.7 Å². The van der Waals surface area contributed by atoms with Gasteiger partial charge in [-0.15, -0.1) is 0 Å². The Kier molecular flexibility index (Phi) is 5.26. The van der Waals surface area contributed by atoms with Crippen LogP contribution in [0.1, 0.15) is 50.3 Å². The minimum Gasteiger partial charge on any atom is -0.497 e. The third kappa shape index (κ3) is 3.84. The third-order valence-corrected chi connectivity index (χ3v) is 6.09. The number of methoxy groups -OCH3 is 1. The normalized spacial score (nSPS) is 22.1. The highest BCUT2D eigenvalue weighted by Gasteiger charge is 2.44. The molecular formula is C24H29NO4. The first-order valence-electron chi connectivity index (χ1n) is 10.2. The molecule has 1 amide bonds. The number of benzene rings is 2. The van der Waals surface area contributed by atoms with Gasteiger partial charge in [-0.25, -0.2) is 0 Å². The summed E-state index contributed by atoms with van der Waals surface area (Å²) in [6.07, 6.45) is 2.08. The first-order valence-corrected chi connectivity index (χ1v) is 10.2. The van der Waals surface area contributed by atoms with E-state index in [9.17, 15) is 4.79 Å². The van der Waals surface area contributed by atoms with Gasteiger partial charge in [-0.05, 0) is 44.4 Å². The van der Waals surface area contributed by atoms with Crippen LogP contribution in [0.2, 0.25) is 0 Å². The fourth-order valence-electron chi connectivity index (χ4n) is 4.51. The van der Waals surface area contributed by atoms with E-state index in [1.807, 2.05) is 36.4 Å². The molecule has 5 heteroatoms. The van der Waals surface area contributed by atoms with Gasteiger partial charge >= 0.3 is 0 Å². The quantitative estimate of drug-likeness (QED) is 0.845. The molecule has 0 unspecified atom stereocenters. The largest absolute Gasteiger partial charge is 0.497 e. The highest BCUT2D eigenvalue weighted by Crippen LogP contribution is 2.43. The van der Waals surface area contributed by atoms with Gasteiger partial charge in [-0.2, -0.15) is 0 Å². The number of rotatable bonds is 4. The molecular weight excluding hydrogens is 366 g/mol. The van der Waals surface area contributed by atoms with Gasteiger partial charge in [0.05, 0.1) is 18.6 Å². The molecule has 0 radical (unpaired) electrons. The van der Waals surface area contributed by atoms with Crippen LogP contribution in [0.15, 0.2) is 48.5 Å². The van der Waals surface area contributed by atoms with Gasteiger partial charge in [0.2, 0.25) is 5.91 Å². The van der Waals surface area contributed by atoms with E-state index in [0.29, 0.717) is 32.5 Å². The molecule has 2 heterocycles. The summed E-state index contributed by atoms with van der Waals surface area (Å²) in [4.78, 5) is 13.7. The standard InChI is InChI=1S/C24H29NO4/c1-23(2)16-20(19-10-9-18(27-3)15-21(19)29-23)25-22(26)24(11-13-28-14-12-24)17-7-5-4-6-8-17/h4-10,15,20H,11-14,16H2,1-3H3,(H,25,26)/t20-/m0/s1.